The first-order valence-corrected chi connectivity index (χ1v) is 10.6. The summed E-state index contributed by atoms with van der Waals surface area (Å²) in [5.41, 5.74) is 1.77. The maximum absolute atomic E-state index is 12.7. The Morgan fingerprint density at radius 2 is 1.93 bits per heavy atom. The maximum atomic E-state index is 12.7. The van der Waals surface area contributed by atoms with Crippen LogP contribution in [0.3, 0.4) is 0 Å². The summed E-state index contributed by atoms with van der Waals surface area (Å²) in [5, 5.41) is 0.517. The minimum Gasteiger partial charge on any atom is -0.493 e. The number of amides is 1. The highest BCUT2D eigenvalue weighted by molar-refractivity contribution is 14.1. The molecule has 3 rings (SSSR count). The van der Waals surface area contributed by atoms with Gasteiger partial charge in [0.15, 0.2) is 16.7 Å². The number of esters is 1. The molecule has 1 saturated heterocycles. The maximum Gasteiger partial charge on any atom is 0.337 e. The van der Waals surface area contributed by atoms with Crippen LogP contribution in [0.25, 0.3) is 6.08 Å². The first-order chi connectivity index (χ1) is 14.4. The van der Waals surface area contributed by atoms with Gasteiger partial charge in [-0.25, -0.2) is 9.79 Å². The second kappa shape index (κ2) is 9.52. The third kappa shape index (κ3) is 4.62. The van der Waals surface area contributed by atoms with Crippen molar-refractivity contribution < 1.29 is 23.8 Å². The molecule has 0 aliphatic carbocycles. The molecule has 0 aromatic heterocycles. The van der Waals surface area contributed by atoms with Gasteiger partial charge in [-0.15, -0.1) is 0 Å². The molecule has 30 heavy (non-hydrogen) atoms. The van der Waals surface area contributed by atoms with Gasteiger partial charge in [-0.3, -0.25) is 9.69 Å². The van der Waals surface area contributed by atoms with E-state index in [0.29, 0.717) is 32.8 Å². The smallest absolute Gasteiger partial charge is 0.337 e. The van der Waals surface area contributed by atoms with E-state index in [2.05, 4.69) is 27.6 Å². The molecule has 1 aliphatic rings. The van der Waals surface area contributed by atoms with E-state index < -0.39 is 5.97 Å². The molecule has 2 aromatic carbocycles. The highest BCUT2D eigenvalue weighted by Gasteiger charge is 2.30. The van der Waals surface area contributed by atoms with Crippen LogP contribution in [-0.2, 0) is 9.53 Å². The summed E-state index contributed by atoms with van der Waals surface area (Å²) < 4.78 is 16.4. The highest BCUT2D eigenvalue weighted by Crippen LogP contribution is 2.37. The Labute approximate surface area is 192 Å². The van der Waals surface area contributed by atoms with E-state index >= 15 is 0 Å². The number of likely N-dealkylation sites (N-methyl/N-ethyl adjacent to an activating group) is 1. The summed E-state index contributed by atoms with van der Waals surface area (Å²) in [7, 11) is 6.15. The standard InChI is InChI=1S/C21H19IN2O5S/c1-24-19(25)17(10-12-8-15(22)18(28-3)16(9-12)27-2)30-21(24)23-14-7-5-6-13(11-14)20(26)29-4/h5-11H,1-4H3. The third-order valence-corrected chi connectivity index (χ3v) is 6.11. The fourth-order valence-corrected chi connectivity index (χ4v) is 4.59. The summed E-state index contributed by atoms with van der Waals surface area (Å²) >= 11 is 3.43. The SMILES string of the molecule is COC(=O)c1cccc(N=C2SC(=Cc3cc(I)c(OC)c(OC)c3)C(=O)N2C)c1. The molecule has 1 aliphatic heterocycles. The number of hydrogen-bond donors (Lipinski definition) is 0. The van der Waals surface area contributed by atoms with Crippen molar-refractivity contribution in [1.29, 1.82) is 0 Å². The van der Waals surface area contributed by atoms with Crippen molar-refractivity contribution in [2.45, 2.75) is 0 Å². The largest absolute Gasteiger partial charge is 0.493 e. The van der Waals surface area contributed by atoms with Gasteiger partial charge in [0.1, 0.15) is 0 Å². The van der Waals surface area contributed by atoms with E-state index in [-0.39, 0.29) is 5.91 Å². The topological polar surface area (TPSA) is 77.4 Å². The zero-order chi connectivity index (χ0) is 21.8. The molecule has 0 spiro atoms. The van der Waals surface area contributed by atoms with Crippen LogP contribution >= 0.6 is 34.4 Å². The lowest BCUT2D eigenvalue weighted by atomic mass is 10.2. The van der Waals surface area contributed by atoms with Gasteiger partial charge >= 0.3 is 5.97 Å². The highest BCUT2D eigenvalue weighted by atomic mass is 127. The summed E-state index contributed by atoms with van der Waals surface area (Å²) in [6.07, 6.45) is 1.79. The average molecular weight is 538 g/mol. The number of amidine groups is 1. The van der Waals surface area contributed by atoms with Crippen LogP contribution in [0.5, 0.6) is 11.5 Å². The van der Waals surface area contributed by atoms with Crippen molar-refractivity contribution in [2.75, 3.05) is 28.4 Å². The Kier molecular flexibility index (Phi) is 7.03. The lowest BCUT2D eigenvalue weighted by molar-refractivity contribution is -0.121. The van der Waals surface area contributed by atoms with Gasteiger partial charge in [0.2, 0.25) is 0 Å². The van der Waals surface area contributed by atoms with Gasteiger partial charge in [-0.2, -0.15) is 0 Å². The molecule has 1 heterocycles. The van der Waals surface area contributed by atoms with E-state index in [1.807, 2.05) is 12.1 Å². The molecule has 0 atom stereocenters. The molecule has 2 aromatic rings. The predicted octanol–water partition coefficient (Wildman–Crippen LogP) is 4.33. The third-order valence-electron chi connectivity index (χ3n) is 4.25. The van der Waals surface area contributed by atoms with Crippen LogP contribution < -0.4 is 9.47 Å². The molecule has 0 N–H and O–H groups in total. The lowest BCUT2D eigenvalue weighted by Crippen LogP contribution is -2.23. The van der Waals surface area contributed by atoms with Crippen molar-refractivity contribution in [3.05, 3.63) is 56.0 Å². The number of carbonyl (C=O) groups is 2. The molecule has 0 bridgehead atoms. The molecule has 9 heteroatoms. The van der Waals surface area contributed by atoms with Gasteiger partial charge in [0, 0.05) is 7.05 Å². The number of carbonyl (C=O) groups excluding carboxylic acids is 2. The number of hydrogen-bond acceptors (Lipinski definition) is 7. The summed E-state index contributed by atoms with van der Waals surface area (Å²) in [6, 6.07) is 10.5. The van der Waals surface area contributed by atoms with E-state index in [0.717, 1.165) is 9.13 Å². The molecule has 0 saturated carbocycles. The zero-order valence-electron chi connectivity index (χ0n) is 16.8. The van der Waals surface area contributed by atoms with Crippen LogP contribution in [0, 0.1) is 3.57 Å². The van der Waals surface area contributed by atoms with Crippen molar-refractivity contribution in [3.8, 4) is 11.5 Å². The normalized spacial score (nSPS) is 16.3. The minimum absolute atomic E-state index is 0.160. The number of benzene rings is 2. The Morgan fingerprint density at radius 3 is 2.60 bits per heavy atom. The van der Waals surface area contributed by atoms with Crippen LogP contribution in [-0.4, -0.2) is 50.3 Å². The van der Waals surface area contributed by atoms with Crippen molar-refractivity contribution >= 4 is 63.2 Å². The molecular weight excluding hydrogens is 519 g/mol. The van der Waals surface area contributed by atoms with Gasteiger partial charge in [0.05, 0.1) is 41.1 Å². The summed E-state index contributed by atoms with van der Waals surface area (Å²) in [6.45, 7) is 0. The monoisotopic (exact) mass is 538 g/mol. The second-order valence-corrected chi connectivity index (χ2v) is 8.32. The van der Waals surface area contributed by atoms with Gasteiger partial charge in [-0.05, 0) is 76.3 Å². The number of nitrogens with zero attached hydrogens (tertiary/aromatic N) is 2. The number of methoxy groups -OCH3 is 3. The summed E-state index contributed by atoms with van der Waals surface area (Å²) in [5.74, 6) is 0.640. The number of thioether (sulfide) groups is 1. The summed E-state index contributed by atoms with van der Waals surface area (Å²) in [4.78, 5) is 31.0. The molecule has 156 valence electrons. The van der Waals surface area contributed by atoms with Crippen molar-refractivity contribution in [1.82, 2.24) is 4.90 Å². The fraction of sp³-hybridized carbons (Fsp3) is 0.190. The quantitative estimate of drug-likeness (QED) is 0.321. The Morgan fingerprint density at radius 1 is 1.17 bits per heavy atom. The Balaban J connectivity index is 1.92. The van der Waals surface area contributed by atoms with Crippen LogP contribution in [0.2, 0.25) is 0 Å². The van der Waals surface area contributed by atoms with Crippen LogP contribution in [0.1, 0.15) is 15.9 Å². The van der Waals surface area contributed by atoms with E-state index in [1.165, 1.54) is 23.8 Å². The molecule has 1 fully saturated rings. The lowest BCUT2D eigenvalue weighted by Gasteiger charge is -2.10. The number of rotatable bonds is 5. The molecular formula is C21H19IN2O5S. The number of halogens is 1. The first kappa shape index (κ1) is 22.2. The fourth-order valence-electron chi connectivity index (χ4n) is 2.75. The molecule has 0 radical (unpaired) electrons. The van der Waals surface area contributed by atoms with Gasteiger partial charge in [-0.1, -0.05) is 6.07 Å². The van der Waals surface area contributed by atoms with Gasteiger partial charge in [0.25, 0.3) is 5.91 Å². The first-order valence-electron chi connectivity index (χ1n) is 8.74. The Hall–Kier alpha value is -2.53. The predicted molar refractivity (Wildman–Crippen MR) is 125 cm³/mol. The average Bonchev–Trinajstić information content (AvgIpc) is 3.00. The number of aliphatic imine (C=N–C) groups is 1. The zero-order valence-corrected chi connectivity index (χ0v) is 19.7. The second-order valence-electron chi connectivity index (χ2n) is 6.15. The molecule has 1 amide bonds. The van der Waals surface area contributed by atoms with Crippen LogP contribution in [0.4, 0.5) is 5.69 Å². The molecule has 7 nitrogen and oxygen atoms in total. The van der Waals surface area contributed by atoms with Crippen LogP contribution in [0.15, 0.2) is 46.3 Å². The Bertz CT molecular complexity index is 1070. The van der Waals surface area contributed by atoms with Gasteiger partial charge < -0.3 is 14.2 Å². The minimum atomic E-state index is -0.441. The van der Waals surface area contributed by atoms with E-state index in [4.69, 9.17) is 14.2 Å². The van der Waals surface area contributed by atoms with Crippen molar-refractivity contribution in [2.24, 2.45) is 4.99 Å². The van der Waals surface area contributed by atoms with E-state index in [9.17, 15) is 9.59 Å². The van der Waals surface area contributed by atoms with E-state index in [1.54, 1.807) is 51.6 Å². The number of ether oxygens (including phenoxy) is 3. The van der Waals surface area contributed by atoms with Crippen molar-refractivity contribution in [3.63, 3.8) is 0 Å². The molecule has 0 unspecified atom stereocenters.